The summed E-state index contributed by atoms with van der Waals surface area (Å²) in [7, 11) is 0. The Hall–Kier alpha value is -3.81. The van der Waals surface area contributed by atoms with Crippen molar-refractivity contribution in [3.63, 3.8) is 0 Å². The van der Waals surface area contributed by atoms with Gasteiger partial charge in [-0.3, -0.25) is 9.79 Å². The maximum atomic E-state index is 14.6. The molecule has 1 aromatic heterocycles. The zero-order chi connectivity index (χ0) is 24.2. The number of rotatable bonds is 5. The van der Waals surface area contributed by atoms with Crippen molar-refractivity contribution < 1.29 is 9.18 Å². The highest BCUT2D eigenvalue weighted by Crippen LogP contribution is 2.37. The average Bonchev–Trinajstić information content (AvgIpc) is 3.60. The summed E-state index contributed by atoms with van der Waals surface area (Å²) in [6.45, 7) is 5.61. The molecule has 7 nitrogen and oxygen atoms in total. The summed E-state index contributed by atoms with van der Waals surface area (Å²) < 4.78 is 14.6. The molecular formula is C27H27FN6O. The van der Waals surface area contributed by atoms with Gasteiger partial charge in [0, 0.05) is 41.0 Å². The van der Waals surface area contributed by atoms with Gasteiger partial charge >= 0.3 is 0 Å². The number of anilines is 3. The molecular weight excluding hydrogens is 443 g/mol. The van der Waals surface area contributed by atoms with Gasteiger partial charge in [-0.05, 0) is 66.8 Å². The first-order chi connectivity index (χ1) is 16.9. The Morgan fingerprint density at radius 3 is 2.71 bits per heavy atom. The fraction of sp³-hybridized carbons (Fsp3) is 0.333. The van der Waals surface area contributed by atoms with Gasteiger partial charge in [-0.1, -0.05) is 13.8 Å². The van der Waals surface area contributed by atoms with Crippen molar-refractivity contribution in [2.45, 2.75) is 38.1 Å². The van der Waals surface area contributed by atoms with Crippen molar-refractivity contribution in [1.29, 1.82) is 0 Å². The van der Waals surface area contributed by atoms with E-state index in [1.807, 2.05) is 36.7 Å². The lowest BCUT2D eigenvalue weighted by atomic mass is 9.79. The first-order valence-electron chi connectivity index (χ1n) is 12.0. The third kappa shape index (κ3) is 4.13. The Balaban J connectivity index is 1.23. The van der Waals surface area contributed by atoms with Gasteiger partial charge in [0.2, 0.25) is 0 Å². The van der Waals surface area contributed by atoms with Gasteiger partial charge < -0.3 is 15.5 Å². The van der Waals surface area contributed by atoms with Gasteiger partial charge in [-0.15, -0.1) is 0 Å². The van der Waals surface area contributed by atoms with E-state index in [-0.39, 0.29) is 17.1 Å². The molecule has 0 spiro atoms. The van der Waals surface area contributed by atoms with Crippen LogP contribution in [0.25, 0.3) is 11.4 Å². The van der Waals surface area contributed by atoms with Crippen LogP contribution in [-0.4, -0.2) is 41.3 Å². The summed E-state index contributed by atoms with van der Waals surface area (Å²) in [6, 6.07) is 13.8. The van der Waals surface area contributed by atoms with Crippen molar-refractivity contribution in [2.24, 2.45) is 10.9 Å². The smallest absolute Gasteiger partial charge is 0.251 e. The molecule has 1 amide bonds. The number of halogens is 1. The van der Waals surface area contributed by atoms with E-state index in [1.54, 1.807) is 12.1 Å². The lowest BCUT2D eigenvalue weighted by molar-refractivity contribution is 0.0930. The van der Waals surface area contributed by atoms with Crippen LogP contribution in [0.5, 0.6) is 0 Å². The number of amides is 1. The van der Waals surface area contributed by atoms with E-state index in [9.17, 15) is 9.18 Å². The Morgan fingerprint density at radius 2 is 1.94 bits per heavy atom. The van der Waals surface area contributed by atoms with Crippen LogP contribution in [0.15, 0.2) is 53.7 Å². The van der Waals surface area contributed by atoms with Gasteiger partial charge in [0.25, 0.3) is 5.91 Å². The summed E-state index contributed by atoms with van der Waals surface area (Å²) in [4.78, 5) is 27.7. The van der Waals surface area contributed by atoms with Crippen LogP contribution < -0.4 is 15.5 Å². The number of aromatic nitrogens is 2. The minimum Gasteiger partial charge on any atom is -0.351 e. The molecule has 0 radical (unpaired) electrons. The van der Waals surface area contributed by atoms with Crippen LogP contribution in [0.4, 0.5) is 21.6 Å². The SMILES string of the molecule is CC1(C)CNC(=O)c2ccc(Nc3nc(-c4ccc(N5C=NC(C6CC6)C5)cc4)ncc3F)cc21. The lowest BCUT2D eigenvalue weighted by Crippen LogP contribution is -2.43. The molecule has 2 aromatic carbocycles. The molecule has 2 aliphatic heterocycles. The minimum absolute atomic E-state index is 0.0897. The third-order valence-corrected chi connectivity index (χ3v) is 7.10. The summed E-state index contributed by atoms with van der Waals surface area (Å²) in [5.41, 5.74) is 3.88. The molecule has 1 unspecified atom stereocenters. The van der Waals surface area contributed by atoms with Crippen LogP contribution in [0, 0.1) is 11.7 Å². The van der Waals surface area contributed by atoms with Crippen molar-refractivity contribution >= 4 is 29.4 Å². The number of benzene rings is 2. The fourth-order valence-electron chi connectivity index (χ4n) is 4.79. The third-order valence-electron chi connectivity index (χ3n) is 7.10. The molecule has 3 aliphatic rings. The van der Waals surface area contributed by atoms with Crippen molar-refractivity contribution in [3.05, 3.63) is 65.6 Å². The number of nitrogens with zero attached hydrogens (tertiary/aromatic N) is 4. The van der Waals surface area contributed by atoms with Crippen molar-refractivity contribution in [2.75, 3.05) is 23.3 Å². The molecule has 2 N–H and O–H groups in total. The topological polar surface area (TPSA) is 82.5 Å². The Kier molecular flexibility index (Phi) is 5.05. The van der Waals surface area contributed by atoms with E-state index in [0.717, 1.165) is 29.3 Å². The second kappa shape index (κ2) is 8.15. The largest absolute Gasteiger partial charge is 0.351 e. The molecule has 178 valence electrons. The molecule has 1 fully saturated rings. The normalized spacial score (nSPS) is 20.5. The van der Waals surface area contributed by atoms with Gasteiger partial charge in [-0.2, -0.15) is 0 Å². The second-order valence-electron chi connectivity index (χ2n) is 10.2. The Bertz CT molecular complexity index is 1330. The van der Waals surface area contributed by atoms with Crippen LogP contribution in [-0.2, 0) is 5.41 Å². The number of aliphatic imine (C=N–C) groups is 1. The average molecular weight is 471 g/mol. The molecule has 35 heavy (non-hydrogen) atoms. The molecule has 1 atom stereocenters. The predicted octanol–water partition coefficient (Wildman–Crippen LogP) is 4.67. The van der Waals surface area contributed by atoms with E-state index >= 15 is 0 Å². The van der Waals surface area contributed by atoms with Crippen molar-refractivity contribution in [1.82, 2.24) is 15.3 Å². The number of carbonyl (C=O) groups is 1. The summed E-state index contributed by atoms with van der Waals surface area (Å²) in [5, 5.41) is 5.99. The minimum atomic E-state index is -0.542. The van der Waals surface area contributed by atoms with Gasteiger partial charge in [0.05, 0.1) is 18.6 Å². The van der Waals surface area contributed by atoms with Crippen LogP contribution >= 0.6 is 0 Å². The van der Waals surface area contributed by atoms with Crippen LogP contribution in [0.1, 0.15) is 42.6 Å². The zero-order valence-corrected chi connectivity index (χ0v) is 19.8. The van der Waals surface area contributed by atoms with Crippen LogP contribution in [0.2, 0.25) is 0 Å². The van der Waals surface area contributed by atoms with E-state index in [2.05, 4.69) is 44.3 Å². The lowest BCUT2D eigenvalue weighted by Gasteiger charge is -2.32. The predicted molar refractivity (Wildman–Crippen MR) is 135 cm³/mol. The first-order valence-corrected chi connectivity index (χ1v) is 12.0. The molecule has 3 aromatic rings. The highest BCUT2D eigenvalue weighted by atomic mass is 19.1. The van der Waals surface area contributed by atoms with Gasteiger partial charge in [-0.25, -0.2) is 14.4 Å². The maximum Gasteiger partial charge on any atom is 0.251 e. The van der Waals surface area contributed by atoms with E-state index < -0.39 is 5.82 Å². The molecule has 8 heteroatoms. The molecule has 1 aliphatic carbocycles. The number of hydrogen-bond acceptors (Lipinski definition) is 6. The maximum absolute atomic E-state index is 14.6. The number of hydrogen-bond donors (Lipinski definition) is 2. The van der Waals surface area contributed by atoms with E-state index in [0.29, 0.717) is 29.7 Å². The summed E-state index contributed by atoms with van der Waals surface area (Å²) in [6.07, 6.45) is 5.68. The molecule has 3 heterocycles. The number of fused-ring (bicyclic) bond motifs is 1. The number of nitrogens with one attached hydrogen (secondary N) is 2. The molecule has 0 bridgehead atoms. The Morgan fingerprint density at radius 1 is 1.14 bits per heavy atom. The quantitative estimate of drug-likeness (QED) is 0.566. The highest BCUT2D eigenvalue weighted by Gasteiger charge is 2.34. The Labute approximate surface area is 203 Å². The highest BCUT2D eigenvalue weighted by molar-refractivity contribution is 5.98. The van der Waals surface area contributed by atoms with Crippen molar-refractivity contribution in [3.8, 4) is 11.4 Å². The first kappa shape index (κ1) is 21.7. The molecule has 1 saturated carbocycles. The monoisotopic (exact) mass is 470 g/mol. The van der Waals surface area contributed by atoms with E-state index in [4.69, 9.17) is 0 Å². The van der Waals surface area contributed by atoms with Gasteiger partial charge in [0.15, 0.2) is 17.5 Å². The standard InChI is InChI=1S/C27H27FN6O/c1-27(2)14-30-26(35)20-10-7-18(11-21(20)27)32-25-22(28)12-29-24(33-25)17-5-8-19(9-6-17)34-13-23(31-15-34)16-3-4-16/h5-12,15-16,23H,3-4,13-14H2,1-2H3,(H,30,35)(H,29,32,33). The van der Waals surface area contributed by atoms with E-state index in [1.165, 1.54) is 19.0 Å². The molecule has 6 rings (SSSR count). The number of carbonyl (C=O) groups excluding carboxylic acids is 1. The summed E-state index contributed by atoms with van der Waals surface area (Å²) >= 11 is 0. The fourth-order valence-corrected chi connectivity index (χ4v) is 4.79. The van der Waals surface area contributed by atoms with Gasteiger partial charge in [0.1, 0.15) is 0 Å². The molecule has 0 saturated heterocycles. The summed E-state index contributed by atoms with van der Waals surface area (Å²) in [5.74, 6) is 0.639. The van der Waals surface area contributed by atoms with Crippen LogP contribution in [0.3, 0.4) is 0 Å². The zero-order valence-electron chi connectivity index (χ0n) is 19.8. The second-order valence-corrected chi connectivity index (χ2v) is 10.2.